The molecule has 3 nitrogen and oxygen atoms in total. The SMILES string of the molecule is COCC(C)CNC1(CO)CCCC(C)C1. The molecule has 0 aromatic heterocycles. The Morgan fingerprint density at radius 3 is 2.88 bits per heavy atom. The van der Waals surface area contributed by atoms with Crippen molar-refractivity contribution in [3.8, 4) is 0 Å². The maximum Gasteiger partial charge on any atom is 0.0613 e. The zero-order valence-electron chi connectivity index (χ0n) is 11.0. The number of methoxy groups -OCH3 is 1. The van der Waals surface area contributed by atoms with E-state index < -0.39 is 0 Å². The Labute approximate surface area is 99.6 Å². The number of hydrogen-bond donors (Lipinski definition) is 2. The van der Waals surface area contributed by atoms with Gasteiger partial charge in [0.1, 0.15) is 0 Å². The highest BCUT2D eigenvalue weighted by Gasteiger charge is 2.33. The van der Waals surface area contributed by atoms with E-state index in [1.54, 1.807) is 7.11 Å². The van der Waals surface area contributed by atoms with Gasteiger partial charge in [-0.05, 0) is 24.7 Å². The quantitative estimate of drug-likeness (QED) is 0.730. The van der Waals surface area contributed by atoms with Gasteiger partial charge in [-0.1, -0.05) is 26.7 Å². The standard InChI is InChI=1S/C13H27NO2/c1-11-5-4-6-13(7-11,10-15)14-8-12(2)9-16-3/h11-12,14-15H,4-10H2,1-3H3. The summed E-state index contributed by atoms with van der Waals surface area (Å²) in [4.78, 5) is 0. The molecule has 0 bridgehead atoms. The first-order valence-corrected chi connectivity index (χ1v) is 6.47. The second-order valence-corrected chi connectivity index (χ2v) is 5.58. The fraction of sp³-hybridized carbons (Fsp3) is 1.00. The maximum absolute atomic E-state index is 9.61. The molecule has 0 amide bonds. The minimum atomic E-state index is -0.0281. The van der Waals surface area contributed by atoms with Crippen molar-refractivity contribution in [3.05, 3.63) is 0 Å². The van der Waals surface area contributed by atoms with E-state index in [0.29, 0.717) is 5.92 Å². The van der Waals surface area contributed by atoms with Gasteiger partial charge in [0, 0.05) is 25.8 Å². The third kappa shape index (κ3) is 4.04. The summed E-state index contributed by atoms with van der Waals surface area (Å²) in [5, 5.41) is 13.2. The lowest BCUT2D eigenvalue weighted by molar-refractivity contribution is 0.0873. The second-order valence-electron chi connectivity index (χ2n) is 5.58. The van der Waals surface area contributed by atoms with E-state index in [0.717, 1.165) is 31.9 Å². The van der Waals surface area contributed by atoms with E-state index in [1.807, 2.05) is 0 Å². The highest BCUT2D eigenvalue weighted by atomic mass is 16.5. The molecule has 0 radical (unpaired) electrons. The van der Waals surface area contributed by atoms with E-state index in [-0.39, 0.29) is 12.1 Å². The molecule has 0 aliphatic heterocycles. The molecule has 2 N–H and O–H groups in total. The van der Waals surface area contributed by atoms with Crippen LogP contribution in [0.1, 0.15) is 39.5 Å². The van der Waals surface area contributed by atoms with Gasteiger partial charge in [0.05, 0.1) is 6.61 Å². The van der Waals surface area contributed by atoms with Gasteiger partial charge >= 0.3 is 0 Å². The summed E-state index contributed by atoms with van der Waals surface area (Å²) in [6.45, 7) is 6.43. The minimum Gasteiger partial charge on any atom is -0.394 e. The monoisotopic (exact) mass is 229 g/mol. The molecule has 1 aliphatic rings. The van der Waals surface area contributed by atoms with Crippen molar-refractivity contribution in [2.45, 2.75) is 45.1 Å². The molecule has 0 saturated heterocycles. The maximum atomic E-state index is 9.61. The third-order valence-electron chi connectivity index (χ3n) is 3.67. The van der Waals surface area contributed by atoms with Crippen LogP contribution < -0.4 is 5.32 Å². The van der Waals surface area contributed by atoms with Gasteiger partial charge in [-0.3, -0.25) is 0 Å². The number of ether oxygens (including phenoxy) is 1. The van der Waals surface area contributed by atoms with E-state index in [2.05, 4.69) is 19.2 Å². The lowest BCUT2D eigenvalue weighted by Gasteiger charge is -2.40. The topological polar surface area (TPSA) is 41.5 Å². The van der Waals surface area contributed by atoms with E-state index in [9.17, 15) is 5.11 Å². The molecule has 3 atom stereocenters. The zero-order chi connectivity index (χ0) is 12.0. The molecular weight excluding hydrogens is 202 g/mol. The molecule has 16 heavy (non-hydrogen) atoms. The molecular formula is C13H27NO2. The lowest BCUT2D eigenvalue weighted by Crippen LogP contribution is -2.52. The summed E-state index contributed by atoms with van der Waals surface area (Å²) in [6.07, 6.45) is 4.74. The van der Waals surface area contributed by atoms with Gasteiger partial charge in [0.15, 0.2) is 0 Å². The molecule has 0 heterocycles. The Morgan fingerprint density at radius 2 is 2.31 bits per heavy atom. The van der Waals surface area contributed by atoms with Gasteiger partial charge in [-0.2, -0.15) is 0 Å². The average Bonchev–Trinajstić information content (AvgIpc) is 2.27. The Hall–Kier alpha value is -0.120. The molecule has 0 spiro atoms. The lowest BCUT2D eigenvalue weighted by atomic mass is 9.76. The van der Waals surface area contributed by atoms with Crippen molar-refractivity contribution >= 4 is 0 Å². The number of rotatable bonds is 6. The fourth-order valence-electron chi connectivity index (χ4n) is 2.75. The van der Waals surface area contributed by atoms with E-state index in [4.69, 9.17) is 4.74 Å². The van der Waals surface area contributed by atoms with Gasteiger partial charge in [0.25, 0.3) is 0 Å². The zero-order valence-corrected chi connectivity index (χ0v) is 11.0. The molecule has 0 aromatic rings. The third-order valence-corrected chi connectivity index (χ3v) is 3.67. The van der Waals surface area contributed by atoms with Gasteiger partial charge in [-0.15, -0.1) is 0 Å². The van der Waals surface area contributed by atoms with Crippen LogP contribution >= 0.6 is 0 Å². The first-order chi connectivity index (χ1) is 7.62. The number of hydrogen-bond acceptors (Lipinski definition) is 3. The summed E-state index contributed by atoms with van der Waals surface area (Å²) < 4.78 is 5.13. The molecule has 1 fully saturated rings. The molecule has 1 saturated carbocycles. The van der Waals surface area contributed by atoms with Crippen molar-refractivity contribution in [3.63, 3.8) is 0 Å². The summed E-state index contributed by atoms with van der Waals surface area (Å²) in [5.41, 5.74) is -0.0281. The summed E-state index contributed by atoms with van der Waals surface area (Å²) in [7, 11) is 1.74. The summed E-state index contributed by atoms with van der Waals surface area (Å²) in [5.74, 6) is 1.23. The van der Waals surface area contributed by atoms with Crippen molar-refractivity contribution in [2.75, 3.05) is 26.9 Å². The molecule has 3 heteroatoms. The van der Waals surface area contributed by atoms with Crippen LogP contribution in [0.25, 0.3) is 0 Å². The minimum absolute atomic E-state index is 0.0281. The Bertz CT molecular complexity index is 198. The second kappa shape index (κ2) is 6.58. The molecule has 3 unspecified atom stereocenters. The molecule has 1 aliphatic carbocycles. The molecule has 0 aromatic carbocycles. The first kappa shape index (κ1) is 13.9. The largest absolute Gasteiger partial charge is 0.394 e. The van der Waals surface area contributed by atoms with E-state index >= 15 is 0 Å². The number of aliphatic hydroxyl groups excluding tert-OH is 1. The predicted molar refractivity (Wildman–Crippen MR) is 66.5 cm³/mol. The van der Waals surface area contributed by atoms with Crippen LogP contribution in [0, 0.1) is 11.8 Å². The summed E-state index contributed by atoms with van der Waals surface area (Å²) in [6, 6.07) is 0. The first-order valence-electron chi connectivity index (χ1n) is 6.47. The van der Waals surface area contributed by atoms with E-state index in [1.165, 1.54) is 12.8 Å². The Morgan fingerprint density at radius 1 is 1.56 bits per heavy atom. The van der Waals surface area contributed by atoms with Gasteiger partial charge in [-0.25, -0.2) is 0 Å². The molecule has 1 rings (SSSR count). The fourth-order valence-corrected chi connectivity index (χ4v) is 2.75. The highest BCUT2D eigenvalue weighted by Crippen LogP contribution is 2.31. The van der Waals surface area contributed by atoms with Crippen molar-refractivity contribution in [1.29, 1.82) is 0 Å². The van der Waals surface area contributed by atoms with Gasteiger partial charge < -0.3 is 15.2 Å². The average molecular weight is 229 g/mol. The predicted octanol–water partition coefficient (Wildman–Crippen LogP) is 1.80. The van der Waals surface area contributed by atoms with Crippen LogP contribution in [-0.4, -0.2) is 37.5 Å². The van der Waals surface area contributed by atoms with Crippen molar-refractivity contribution in [1.82, 2.24) is 5.32 Å². The van der Waals surface area contributed by atoms with Crippen molar-refractivity contribution < 1.29 is 9.84 Å². The van der Waals surface area contributed by atoms with Crippen LogP contribution in [0.4, 0.5) is 0 Å². The normalized spacial score (nSPS) is 32.6. The molecule has 96 valence electrons. The number of aliphatic hydroxyl groups is 1. The van der Waals surface area contributed by atoms with Crippen LogP contribution in [0.15, 0.2) is 0 Å². The van der Waals surface area contributed by atoms with Gasteiger partial charge in [0.2, 0.25) is 0 Å². The van der Waals surface area contributed by atoms with Crippen molar-refractivity contribution in [2.24, 2.45) is 11.8 Å². The van der Waals surface area contributed by atoms with Crippen LogP contribution in [0.5, 0.6) is 0 Å². The highest BCUT2D eigenvalue weighted by molar-refractivity contribution is 4.92. The Kier molecular flexibility index (Phi) is 5.73. The van der Waals surface area contributed by atoms with Crippen LogP contribution in [0.2, 0.25) is 0 Å². The summed E-state index contributed by atoms with van der Waals surface area (Å²) >= 11 is 0. The number of nitrogens with one attached hydrogen (secondary N) is 1. The Balaban J connectivity index is 2.40. The van der Waals surface area contributed by atoms with Crippen LogP contribution in [0.3, 0.4) is 0 Å². The van der Waals surface area contributed by atoms with Crippen LogP contribution in [-0.2, 0) is 4.74 Å². The smallest absolute Gasteiger partial charge is 0.0613 e.